The number of esters is 1. The molecule has 142 valence electrons. The summed E-state index contributed by atoms with van der Waals surface area (Å²) < 4.78 is 34.0. The van der Waals surface area contributed by atoms with Gasteiger partial charge in [-0.05, 0) is 43.2 Å². The first-order valence-electron chi connectivity index (χ1n) is 8.89. The molecule has 0 bridgehead atoms. The van der Waals surface area contributed by atoms with Gasteiger partial charge in [-0.15, -0.1) is 4.40 Å². The first-order valence-corrected chi connectivity index (χ1v) is 10.3. The molecule has 0 amide bonds. The molecule has 1 unspecified atom stereocenters. The van der Waals surface area contributed by atoms with Crippen LogP contribution in [0.4, 0.5) is 0 Å². The molecule has 8 heteroatoms. The Morgan fingerprint density at radius 1 is 1.21 bits per heavy atom. The number of nitrogens with zero attached hydrogens (tertiary/aromatic N) is 3. The molecule has 28 heavy (non-hydrogen) atoms. The van der Waals surface area contributed by atoms with E-state index in [0.29, 0.717) is 42.2 Å². The number of rotatable bonds is 2. The molecule has 0 aromatic heterocycles. The summed E-state index contributed by atoms with van der Waals surface area (Å²) in [5, 5.41) is 8.96. The van der Waals surface area contributed by atoms with Gasteiger partial charge >= 0.3 is 5.97 Å². The maximum absolute atomic E-state index is 12.6. The van der Waals surface area contributed by atoms with E-state index in [0.717, 1.165) is 6.42 Å². The van der Waals surface area contributed by atoms with E-state index in [9.17, 15) is 13.2 Å². The quantitative estimate of drug-likeness (QED) is 0.571. The summed E-state index contributed by atoms with van der Waals surface area (Å²) in [7, 11) is -3.70. The third-order valence-electron chi connectivity index (χ3n) is 4.85. The summed E-state index contributed by atoms with van der Waals surface area (Å²) in [4.78, 5) is 14.6. The molecule has 0 spiro atoms. The van der Waals surface area contributed by atoms with Crippen molar-refractivity contribution in [3.8, 4) is 11.8 Å². The molecule has 1 fully saturated rings. The predicted molar refractivity (Wildman–Crippen MR) is 101 cm³/mol. The molecule has 0 saturated carbocycles. The Labute approximate surface area is 162 Å². The number of fused-ring (bicyclic) bond motifs is 1. The van der Waals surface area contributed by atoms with Crippen molar-refractivity contribution in [2.24, 2.45) is 10.3 Å². The fourth-order valence-electron chi connectivity index (χ4n) is 3.51. The van der Waals surface area contributed by atoms with E-state index in [1.165, 1.54) is 6.07 Å². The zero-order valence-electron chi connectivity index (χ0n) is 14.9. The number of piperidine rings is 1. The summed E-state index contributed by atoms with van der Waals surface area (Å²) in [6, 6.07) is 15.2. The second-order valence-electron chi connectivity index (χ2n) is 6.73. The van der Waals surface area contributed by atoms with E-state index in [1.807, 2.05) is 11.0 Å². The molecule has 2 aliphatic rings. The molecule has 2 aromatic rings. The predicted octanol–water partition coefficient (Wildman–Crippen LogP) is 2.32. The van der Waals surface area contributed by atoms with E-state index < -0.39 is 21.9 Å². The Morgan fingerprint density at radius 3 is 2.86 bits per heavy atom. The van der Waals surface area contributed by atoms with Crippen molar-refractivity contribution in [3.63, 3.8) is 0 Å². The fraction of sp³-hybridized carbons (Fsp3) is 0.250. The Hall–Kier alpha value is -3.18. The van der Waals surface area contributed by atoms with Crippen LogP contribution < -0.4 is 4.74 Å². The van der Waals surface area contributed by atoms with Gasteiger partial charge in [0.15, 0.2) is 5.84 Å². The van der Waals surface area contributed by atoms with Crippen molar-refractivity contribution in [1.82, 2.24) is 4.90 Å². The van der Waals surface area contributed by atoms with E-state index in [-0.39, 0.29) is 4.90 Å². The Balaban J connectivity index is 1.52. The Kier molecular flexibility index (Phi) is 4.61. The number of ether oxygens (including phenoxy) is 1. The van der Waals surface area contributed by atoms with Crippen LogP contribution in [0.5, 0.6) is 5.75 Å². The summed E-state index contributed by atoms with van der Waals surface area (Å²) in [6.07, 6.45) is 1.37. The number of carbonyl (C=O) groups excluding carboxylic acids is 1. The van der Waals surface area contributed by atoms with Crippen molar-refractivity contribution in [2.75, 3.05) is 13.1 Å². The van der Waals surface area contributed by atoms with E-state index in [1.54, 1.807) is 42.5 Å². The lowest BCUT2D eigenvalue weighted by atomic mass is 9.97. The minimum atomic E-state index is -3.70. The van der Waals surface area contributed by atoms with Crippen molar-refractivity contribution < 1.29 is 17.9 Å². The highest BCUT2D eigenvalue weighted by Gasteiger charge is 2.35. The number of likely N-dealkylation sites (tertiary alicyclic amines) is 1. The molecule has 4 rings (SSSR count). The third-order valence-corrected chi connectivity index (χ3v) is 6.17. The van der Waals surface area contributed by atoms with Gasteiger partial charge < -0.3 is 9.64 Å². The zero-order chi connectivity index (χ0) is 19.7. The molecule has 0 radical (unpaired) electrons. The van der Waals surface area contributed by atoms with Crippen LogP contribution in [0.15, 0.2) is 57.8 Å². The first-order chi connectivity index (χ1) is 13.5. The molecular weight excluding hydrogens is 378 g/mol. The molecule has 2 aliphatic heterocycles. The lowest BCUT2D eigenvalue weighted by Crippen LogP contribution is -2.43. The number of amidine groups is 1. The largest absolute Gasteiger partial charge is 0.426 e. The minimum absolute atomic E-state index is 0.197. The number of benzene rings is 2. The van der Waals surface area contributed by atoms with Crippen molar-refractivity contribution in [3.05, 3.63) is 59.7 Å². The third kappa shape index (κ3) is 3.37. The van der Waals surface area contributed by atoms with Crippen molar-refractivity contribution in [2.45, 2.75) is 17.7 Å². The Bertz CT molecular complexity index is 1120. The van der Waals surface area contributed by atoms with Crippen LogP contribution in [0, 0.1) is 17.2 Å². The number of sulfonamides is 1. The SMILES string of the molecule is N#Cc1cccc(OC(=O)C2CCCN(C3=NS(=O)(=O)c4ccccc43)C2)c1. The molecule has 1 saturated heterocycles. The summed E-state index contributed by atoms with van der Waals surface area (Å²) >= 11 is 0. The summed E-state index contributed by atoms with van der Waals surface area (Å²) in [5.41, 5.74) is 0.982. The summed E-state index contributed by atoms with van der Waals surface area (Å²) in [6.45, 7) is 0.954. The van der Waals surface area contributed by atoms with Gasteiger partial charge in [0.05, 0.1) is 17.6 Å². The highest BCUT2D eigenvalue weighted by Crippen LogP contribution is 2.30. The molecule has 0 N–H and O–H groups in total. The van der Waals surface area contributed by atoms with Gasteiger partial charge in [0.25, 0.3) is 10.0 Å². The number of hydrogen-bond acceptors (Lipinski definition) is 6. The van der Waals surface area contributed by atoms with Gasteiger partial charge in [-0.2, -0.15) is 13.7 Å². The van der Waals surface area contributed by atoms with Crippen LogP contribution in [-0.4, -0.2) is 38.2 Å². The van der Waals surface area contributed by atoms with Crippen LogP contribution in [-0.2, 0) is 14.8 Å². The minimum Gasteiger partial charge on any atom is -0.426 e. The number of nitriles is 1. The van der Waals surface area contributed by atoms with Crippen LogP contribution in [0.2, 0.25) is 0 Å². The average molecular weight is 395 g/mol. The van der Waals surface area contributed by atoms with Gasteiger partial charge in [-0.3, -0.25) is 4.79 Å². The summed E-state index contributed by atoms with van der Waals surface area (Å²) in [5.74, 6) is -0.0842. The number of carbonyl (C=O) groups is 1. The maximum atomic E-state index is 12.6. The monoisotopic (exact) mass is 395 g/mol. The molecular formula is C20H17N3O4S. The van der Waals surface area contributed by atoms with Crippen LogP contribution in [0.3, 0.4) is 0 Å². The highest BCUT2D eigenvalue weighted by molar-refractivity contribution is 7.90. The average Bonchev–Trinajstić information content (AvgIpc) is 2.99. The van der Waals surface area contributed by atoms with Crippen LogP contribution in [0.25, 0.3) is 0 Å². The number of hydrogen-bond donors (Lipinski definition) is 0. The fourth-order valence-corrected chi connectivity index (χ4v) is 4.73. The van der Waals surface area contributed by atoms with Gasteiger partial charge in [0.1, 0.15) is 10.6 Å². The first kappa shape index (κ1) is 18.2. The van der Waals surface area contributed by atoms with Crippen LogP contribution >= 0.6 is 0 Å². The van der Waals surface area contributed by atoms with Gasteiger partial charge in [-0.1, -0.05) is 18.2 Å². The smallest absolute Gasteiger partial charge is 0.316 e. The second kappa shape index (κ2) is 7.09. The maximum Gasteiger partial charge on any atom is 0.316 e. The van der Waals surface area contributed by atoms with Crippen molar-refractivity contribution in [1.29, 1.82) is 5.26 Å². The molecule has 2 heterocycles. The van der Waals surface area contributed by atoms with Crippen LogP contribution in [0.1, 0.15) is 24.0 Å². The molecule has 7 nitrogen and oxygen atoms in total. The lowest BCUT2D eigenvalue weighted by molar-refractivity contribution is -0.140. The highest BCUT2D eigenvalue weighted by atomic mass is 32.2. The van der Waals surface area contributed by atoms with Gasteiger partial charge in [-0.25, -0.2) is 0 Å². The van der Waals surface area contributed by atoms with E-state index in [4.69, 9.17) is 10.00 Å². The van der Waals surface area contributed by atoms with E-state index >= 15 is 0 Å². The van der Waals surface area contributed by atoms with Gasteiger partial charge in [0, 0.05) is 18.7 Å². The molecule has 1 atom stereocenters. The molecule has 2 aromatic carbocycles. The Morgan fingerprint density at radius 2 is 2.04 bits per heavy atom. The molecule has 0 aliphatic carbocycles. The topological polar surface area (TPSA) is 99.8 Å². The normalized spacial score (nSPS) is 20.0. The van der Waals surface area contributed by atoms with Gasteiger partial charge in [0.2, 0.25) is 0 Å². The standard InChI is InChI=1S/C20H17N3O4S/c21-12-14-5-3-7-16(11-14)27-20(24)15-6-4-10-23(13-15)19-17-8-1-2-9-18(17)28(25,26)22-19/h1-3,5,7-9,11,15H,4,6,10,13H2. The zero-order valence-corrected chi connectivity index (χ0v) is 15.7. The van der Waals surface area contributed by atoms with Crippen molar-refractivity contribution >= 4 is 21.8 Å². The second-order valence-corrected chi connectivity index (χ2v) is 8.30. The lowest BCUT2D eigenvalue weighted by Gasteiger charge is -2.32. The van der Waals surface area contributed by atoms with E-state index in [2.05, 4.69) is 4.40 Å².